The standard InChI is InChI=1S/C20H26N4O2/c1-3-21-20(22-10-9-16-6-5-15(2)23-14-16)24-17-7-8-18-19(13-17)26-12-4-11-25-18/h5-8,13-14H,3-4,9-12H2,1-2H3,(H2,21,22,24). The largest absolute Gasteiger partial charge is 0.490 e. The Balaban J connectivity index is 1.64. The van der Waals surface area contributed by atoms with Gasteiger partial charge in [-0.05, 0) is 44.0 Å². The third-order valence-corrected chi connectivity index (χ3v) is 4.00. The normalized spacial score (nSPS) is 13.8. The fourth-order valence-corrected chi connectivity index (χ4v) is 2.63. The second kappa shape index (κ2) is 9.08. The highest BCUT2D eigenvalue weighted by Crippen LogP contribution is 2.32. The zero-order valence-electron chi connectivity index (χ0n) is 15.4. The van der Waals surface area contributed by atoms with Gasteiger partial charge in [0.2, 0.25) is 0 Å². The molecule has 0 spiro atoms. The number of nitrogens with one attached hydrogen (secondary N) is 2. The van der Waals surface area contributed by atoms with Crippen molar-refractivity contribution in [2.75, 3.05) is 31.6 Å². The van der Waals surface area contributed by atoms with Crippen molar-refractivity contribution in [3.05, 3.63) is 47.8 Å². The van der Waals surface area contributed by atoms with Gasteiger partial charge in [-0.1, -0.05) is 6.07 Å². The smallest absolute Gasteiger partial charge is 0.195 e. The van der Waals surface area contributed by atoms with Crippen LogP contribution in [0.3, 0.4) is 0 Å². The van der Waals surface area contributed by atoms with E-state index in [9.17, 15) is 0 Å². The summed E-state index contributed by atoms with van der Waals surface area (Å²) in [5, 5.41) is 6.60. The van der Waals surface area contributed by atoms with Gasteiger partial charge in [-0.15, -0.1) is 0 Å². The van der Waals surface area contributed by atoms with E-state index in [4.69, 9.17) is 9.47 Å². The maximum absolute atomic E-state index is 5.75. The molecule has 0 amide bonds. The number of ether oxygens (including phenoxy) is 2. The molecule has 138 valence electrons. The van der Waals surface area contributed by atoms with Gasteiger partial charge in [-0.2, -0.15) is 0 Å². The van der Waals surface area contributed by atoms with Crippen LogP contribution in [-0.4, -0.2) is 37.2 Å². The van der Waals surface area contributed by atoms with Crippen LogP contribution in [-0.2, 0) is 6.42 Å². The van der Waals surface area contributed by atoms with Crippen LogP contribution >= 0.6 is 0 Å². The number of fused-ring (bicyclic) bond motifs is 1. The van der Waals surface area contributed by atoms with E-state index in [-0.39, 0.29) is 0 Å². The van der Waals surface area contributed by atoms with Crippen LogP contribution in [0.4, 0.5) is 5.69 Å². The first-order chi connectivity index (χ1) is 12.7. The van der Waals surface area contributed by atoms with Crippen LogP contribution in [0.15, 0.2) is 41.5 Å². The van der Waals surface area contributed by atoms with Gasteiger partial charge in [0.05, 0.1) is 13.2 Å². The molecule has 2 heterocycles. The summed E-state index contributed by atoms with van der Waals surface area (Å²) >= 11 is 0. The van der Waals surface area contributed by atoms with Gasteiger partial charge in [-0.3, -0.25) is 9.98 Å². The van der Waals surface area contributed by atoms with Crippen molar-refractivity contribution in [3.8, 4) is 11.5 Å². The van der Waals surface area contributed by atoms with Crippen LogP contribution in [0.25, 0.3) is 0 Å². The minimum absolute atomic E-state index is 0.676. The summed E-state index contributed by atoms with van der Waals surface area (Å²) < 4.78 is 11.4. The first kappa shape index (κ1) is 18.0. The van der Waals surface area contributed by atoms with Crippen LogP contribution in [0.1, 0.15) is 24.6 Å². The predicted octanol–water partition coefficient (Wildman–Crippen LogP) is 3.17. The molecule has 6 heteroatoms. The molecule has 0 radical (unpaired) electrons. The molecule has 1 aromatic heterocycles. The molecule has 1 aromatic carbocycles. The number of pyridine rings is 1. The molecule has 26 heavy (non-hydrogen) atoms. The van der Waals surface area contributed by atoms with Crippen molar-refractivity contribution in [1.82, 2.24) is 10.3 Å². The molecule has 2 aromatic rings. The lowest BCUT2D eigenvalue weighted by Crippen LogP contribution is -2.30. The van der Waals surface area contributed by atoms with Gasteiger partial charge in [0.1, 0.15) is 0 Å². The molecule has 0 aliphatic carbocycles. The van der Waals surface area contributed by atoms with Crippen LogP contribution in [0, 0.1) is 6.92 Å². The summed E-state index contributed by atoms with van der Waals surface area (Å²) in [5.41, 5.74) is 3.14. The van der Waals surface area contributed by atoms with Gasteiger partial charge in [0, 0.05) is 43.2 Å². The second-order valence-corrected chi connectivity index (χ2v) is 6.16. The average molecular weight is 354 g/mol. The minimum Gasteiger partial charge on any atom is -0.490 e. The average Bonchev–Trinajstić information content (AvgIpc) is 2.88. The van der Waals surface area contributed by atoms with E-state index >= 15 is 0 Å². The van der Waals surface area contributed by atoms with Crippen LogP contribution in [0.2, 0.25) is 0 Å². The molecule has 2 N–H and O–H groups in total. The number of nitrogens with zero attached hydrogens (tertiary/aromatic N) is 2. The Morgan fingerprint density at radius 1 is 1.15 bits per heavy atom. The Hall–Kier alpha value is -2.76. The third-order valence-electron chi connectivity index (χ3n) is 4.00. The van der Waals surface area contributed by atoms with Crippen molar-refractivity contribution >= 4 is 11.6 Å². The number of hydrogen-bond acceptors (Lipinski definition) is 4. The van der Waals surface area contributed by atoms with E-state index in [0.717, 1.165) is 48.2 Å². The molecule has 0 saturated carbocycles. The molecule has 0 bridgehead atoms. The lowest BCUT2D eigenvalue weighted by Gasteiger charge is -2.13. The molecule has 0 fully saturated rings. The van der Waals surface area contributed by atoms with Crippen LogP contribution in [0.5, 0.6) is 11.5 Å². The maximum Gasteiger partial charge on any atom is 0.195 e. The quantitative estimate of drug-likeness (QED) is 0.638. The monoisotopic (exact) mass is 354 g/mol. The molecular formula is C20H26N4O2. The second-order valence-electron chi connectivity index (χ2n) is 6.16. The van der Waals surface area contributed by atoms with Crippen molar-refractivity contribution in [2.45, 2.75) is 26.7 Å². The van der Waals surface area contributed by atoms with Crippen molar-refractivity contribution in [1.29, 1.82) is 0 Å². The molecule has 0 atom stereocenters. The van der Waals surface area contributed by atoms with Crippen molar-refractivity contribution in [3.63, 3.8) is 0 Å². The number of aromatic nitrogens is 1. The van der Waals surface area contributed by atoms with Gasteiger partial charge in [0.25, 0.3) is 0 Å². The number of aryl methyl sites for hydroxylation is 1. The van der Waals surface area contributed by atoms with Gasteiger partial charge in [0.15, 0.2) is 17.5 Å². The molecular weight excluding hydrogens is 328 g/mol. The van der Waals surface area contributed by atoms with Crippen LogP contribution < -0.4 is 20.1 Å². The van der Waals surface area contributed by atoms with E-state index in [0.29, 0.717) is 19.8 Å². The lowest BCUT2D eigenvalue weighted by atomic mass is 10.2. The summed E-state index contributed by atoms with van der Waals surface area (Å²) in [7, 11) is 0. The third kappa shape index (κ3) is 5.12. The summed E-state index contributed by atoms with van der Waals surface area (Å²) in [6.45, 7) is 6.89. The zero-order chi connectivity index (χ0) is 18.2. The van der Waals surface area contributed by atoms with Crippen molar-refractivity contribution < 1.29 is 9.47 Å². The fraction of sp³-hybridized carbons (Fsp3) is 0.400. The highest BCUT2D eigenvalue weighted by molar-refractivity contribution is 5.93. The van der Waals surface area contributed by atoms with E-state index in [1.54, 1.807) is 0 Å². The Morgan fingerprint density at radius 3 is 2.77 bits per heavy atom. The zero-order valence-corrected chi connectivity index (χ0v) is 15.4. The lowest BCUT2D eigenvalue weighted by molar-refractivity contribution is 0.297. The predicted molar refractivity (Wildman–Crippen MR) is 104 cm³/mol. The minimum atomic E-state index is 0.676. The van der Waals surface area contributed by atoms with Gasteiger partial charge in [-0.25, -0.2) is 0 Å². The summed E-state index contributed by atoms with van der Waals surface area (Å²) in [6.07, 6.45) is 3.66. The first-order valence-corrected chi connectivity index (χ1v) is 9.11. The topological polar surface area (TPSA) is 67.8 Å². The number of benzene rings is 1. The molecule has 1 aliphatic rings. The van der Waals surface area contributed by atoms with E-state index in [1.165, 1.54) is 5.56 Å². The van der Waals surface area contributed by atoms with Gasteiger partial charge < -0.3 is 20.1 Å². The number of hydrogen-bond donors (Lipinski definition) is 2. The molecule has 3 rings (SSSR count). The SMILES string of the molecule is CCNC(=NCCc1ccc(C)nc1)Nc1ccc2c(c1)OCCCO2. The Morgan fingerprint density at radius 2 is 2.00 bits per heavy atom. The van der Waals surface area contributed by atoms with Gasteiger partial charge >= 0.3 is 0 Å². The Bertz CT molecular complexity index is 744. The number of aliphatic imine (C=N–C) groups is 1. The fourth-order valence-electron chi connectivity index (χ4n) is 2.63. The molecule has 6 nitrogen and oxygen atoms in total. The summed E-state index contributed by atoms with van der Waals surface area (Å²) in [4.78, 5) is 8.98. The highest BCUT2D eigenvalue weighted by atomic mass is 16.5. The maximum atomic E-state index is 5.75. The number of rotatable bonds is 5. The summed E-state index contributed by atoms with van der Waals surface area (Å²) in [6, 6.07) is 9.99. The van der Waals surface area contributed by atoms with E-state index < -0.39 is 0 Å². The van der Waals surface area contributed by atoms with E-state index in [1.807, 2.05) is 37.4 Å². The van der Waals surface area contributed by atoms with Crippen molar-refractivity contribution in [2.24, 2.45) is 4.99 Å². The van der Waals surface area contributed by atoms with E-state index in [2.05, 4.69) is 33.6 Å². The Labute approximate surface area is 154 Å². The first-order valence-electron chi connectivity index (χ1n) is 9.11. The Kier molecular flexibility index (Phi) is 6.30. The summed E-state index contributed by atoms with van der Waals surface area (Å²) in [5.74, 6) is 2.32. The molecule has 0 unspecified atom stereocenters. The number of anilines is 1. The number of guanidine groups is 1. The molecule has 0 saturated heterocycles. The highest BCUT2D eigenvalue weighted by Gasteiger charge is 2.11. The molecule has 1 aliphatic heterocycles.